The largest absolute Gasteiger partial charge is 0.492 e. The molecule has 2 atom stereocenters. The van der Waals surface area contributed by atoms with Crippen LogP contribution in [-0.4, -0.2) is 57.1 Å². The van der Waals surface area contributed by atoms with Crippen LogP contribution in [-0.2, 0) is 14.2 Å². The summed E-state index contributed by atoms with van der Waals surface area (Å²) in [6.07, 6.45) is 16.5. The van der Waals surface area contributed by atoms with E-state index in [1.165, 1.54) is 6.20 Å². The summed E-state index contributed by atoms with van der Waals surface area (Å²) in [5.74, 6) is 1.29. The summed E-state index contributed by atoms with van der Waals surface area (Å²) in [7, 11) is 0. The molecular weight excluding hydrogens is 600 g/mol. The number of nitrogens with zero attached hydrogens (tertiary/aromatic N) is 3. The van der Waals surface area contributed by atoms with Gasteiger partial charge in [0, 0.05) is 18.6 Å². The van der Waals surface area contributed by atoms with Gasteiger partial charge in [0.2, 0.25) is 0 Å². The molecule has 3 rings (SSSR count). The Morgan fingerprint density at radius 1 is 0.771 bits per heavy atom. The van der Waals surface area contributed by atoms with Crippen molar-refractivity contribution in [3.05, 3.63) is 157 Å². The van der Waals surface area contributed by atoms with Gasteiger partial charge in [-0.1, -0.05) is 85.5 Å². The summed E-state index contributed by atoms with van der Waals surface area (Å²) in [4.78, 5) is 13.9. The zero-order valence-corrected chi connectivity index (χ0v) is 27.7. The molecule has 2 aromatic carbocycles. The van der Waals surface area contributed by atoms with Crippen molar-refractivity contribution < 1.29 is 18.9 Å². The molecule has 8 nitrogen and oxygen atoms in total. The normalized spacial score (nSPS) is 13.1. The lowest BCUT2D eigenvalue weighted by Crippen LogP contribution is -2.07. The van der Waals surface area contributed by atoms with Crippen molar-refractivity contribution in [2.24, 2.45) is 15.7 Å². The lowest BCUT2D eigenvalue weighted by Gasteiger charge is -2.12. The first kappa shape index (κ1) is 37.4. The van der Waals surface area contributed by atoms with E-state index in [1.807, 2.05) is 78.9 Å². The number of benzene rings is 2. The third kappa shape index (κ3) is 15.0. The number of rotatable bonds is 24. The van der Waals surface area contributed by atoms with Crippen LogP contribution >= 0.6 is 0 Å². The third-order valence-electron chi connectivity index (χ3n) is 6.91. The number of ether oxygens (including phenoxy) is 4. The standard InChI is InChI=1S/C40H48N4O4/c1-4-23-45-31-39(34-15-9-6-10-16-34)43-28-33(3)19-21-37(27-41)47-25-13-8-14-26-48-38-22-20-36(42-30-38)29-44-40(32-46-24-5-2)35-17-11-7-12-18-35/h4-7,9-12,15-22,27-30,39-40H,1-3,8,13-14,23-26,31-32,41H2/b21-19-,37-27+,43-28+,44-29+/t39-,40-/m0/s1. The quantitative estimate of drug-likeness (QED) is 0.0348. The molecule has 2 N–H and O–H groups in total. The molecule has 1 heterocycles. The molecule has 0 fully saturated rings. The molecule has 0 radical (unpaired) electrons. The van der Waals surface area contributed by atoms with Crippen LogP contribution in [0.25, 0.3) is 0 Å². The number of hydrogen-bond acceptors (Lipinski definition) is 8. The van der Waals surface area contributed by atoms with E-state index in [4.69, 9.17) is 29.7 Å². The van der Waals surface area contributed by atoms with Gasteiger partial charge < -0.3 is 24.7 Å². The molecule has 0 saturated carbocycles. The number of pyridine rings is 1. The number of hydrogen-bond donors (Lipinski definition) is 1. The summed E-state index contributed by atoms with van der Waals surface area (Å²) >= 11 is 0. The Kier molecular flexibility index (Phi) is 18.2. The first-order valence-electron chi connectivity index (χ1n) is 16.2. The Bertz CT molecular complexity index is 1470. The van der Waals surface area contributed by atoms with Crippen molar-refractivity contribution in [2.75, 3.05) is 39.6 Å². The fourth-order valence-electron chi connectivity index (χ4n) is 4.38. The summed E-state index contributed by atoms with van der Waals surface area (Å²) in [6.45, 7) is 14.5. The van der Waals surface area contributed by atoms with E-state index in [9.17, 15) is 0 Å². The molecule has 0 aliphatic heterocycles. The number of allylic oxidation sites excluding steroid dienone is 3. The summed E-state index contributed by atoms with van der Waals surface area (Å²) in [6, 6.07) is 23.6. The minimum absolute atomic E-state index is 0.120. The minimum Gasteiger partial charge on any atom is -0.492 e. The third-order valence-corrected chi connectivity index (χ3v) is 6.91. The van der Waals surface area contributed by atoms with Gasteiger partial charge in [-0.2, -0.15) is 0 Å². The smallest absolute Gasteiger partial charge is 0.137 e. The van der Waals surface area contributed by atoms with Gasteiger partial charge in [-0.3, -0.25) is 15.0 Å². The van der Waals surface area contributed by atoms with Gasteiger partial charge in [0.25, 0.3) is 0 Å². The van der Waals surface area contributed by atoms with Crippen LogP contribution in [0.3, 0.4) is 0 Å². The van der Waals surface area contributed by atoms with Gasteiger partial charge in [0.1, 0.15) is 11.5 Å². The van der Waals surface area contributed by atoms with E-state index in [-0.39, 0.29) is 12.1 Å². The number of unbranched alkanes of at least 4 members (excludes halogenated alkanes) is 2. The molecule has 0 saturated heterocycles. The van der Waals surface area contributed by atoms with E-state index in [1.54, 1.807) is 36.9 Å². The highest BCUT2D eigenvalue weighted by Crippen LogP contribution is 2.19. The topological polar surface area (TPSA) is 101 Å². The maximum Gasteiger partial charge on any atom is 0.137 e. The highest BCUT2D eigenvalue weighted by molar-refractivity contribution is 5.81. The molecular formula is C40H48N4O4. The van der Waals surface area contributed by atoms with Crippen molar-refractivity contribution in [1.29, 1.82) is 0 Å². The Hall–Kier alpha value is -5.05. The average Bonchev–Trinajstić information content (AvgIpc) is 3.13. The molecule has 0 aliphatic carbocycles. The monoisotopic (exact) mass is 648 g/mol. The van der Waals surface area contributed by atoms with Crippen LogP contribution in [0.1, 0.15) is 48.2 Å². The van der Waals surface area contributed by atoms with E-state index >= 15 is 0 Å². The summed E-state index contributed by atoms with van der Waals surface area (Å²) < 4.78 is 23.0. The molecule has 0 amide bonds. The van der Waals surface area contributed by atoms with Crippen LogP contribution in [0.4, 0.5) is 0 Å². The summed E-state index contributed by atoms with van der Waals surface area (Å²) in [5, 5.41) is 0. The molecule has 1 aromatic heterocycles. The average molecular weight is 649 g/mol. The van der Waals surface area contributed by atoms with Crippen LogP contribution in [0.2, 0.25) is 0 Å². The number of aromatic nitrogens is 1. The van der Waals surface area contributed by atoms with Gasteiger partial charge in [-0.25, -0.2) is 0 Å². The van der Waals surface area contributed by atoms with Gasteiger partial charge in [-0.15, -0.1) is 13.2 Å². The summed E-state index contributed by atoms with van der Waals surface area (Å²) in [5.41, 5.74) is 9.41. The van der Waals surface area contributed by atoms with Crippen LogP contribution < -0.4 is 10.5 Å². The highest BCUT2D eigenvalue weighted by atomic mass is 16.5. The fraction of sp³-hybridized carbons (Fsp3) is 0.275. The van der Waals surface area contributed by atoms with Gasteiger partial charge in [0.05, 0.1) is 63.6 Å². The number of aliphatic imine (C=N–C) groups is 2. The minimum atomic E-state index is -0.136. The second-order valence-electron chi connectivity index (χ2n) is 10.7. The van der Waals surface area contributed by atoms with E-state index < -0.39 is 0 Å². The van der Waals surface area contributed by atoms with Gasteiger partial charge in [-0.05, 0) is 54.2 Å². The first-order chi connectivity index (χ1) is 23.6. The Balaban J connectivity index is 1.34. The van der Waals surface area contributed by atoms with E-state index in [0.717, 1.165) is 47.4 Å². The molecule has 3 aromatic rings. The highest BCUT2D eigenvalue weighted by Gasteiger charge is 2.10. The van der Waals surface area contributed by atoms with Crippen molar-refractivity contribution in [1.82, 2.24) is 4.98 Å². The molecule has 48 heavy (non-hydrogen) atoms. The second-order valence-corrected chi connectivity index (χ2v) is 10.7. The maximum atomic E-state index is 5.88. The first-order valence-corrected chi connectivity index (χ1v) is 16.2. The predicted octanol–water partition coefficient (Wildman–Crippen LogP) is 7.94. The van der Waals surface area contributed by atoms with Crippen LogP contribution in [0.15, 0.2) is 151 Å². The molecule has 0 spiro atoms. The number of nitrogens with two attached hydrogens (primary N) is 1. The Morgan fingerprint density at radius 3 is 1.98 bits per heavy atom. The van der Waals surface area contributed by atoms with Crippen molar-refractivity contribution >= 4 is 12.4 Å². The predicted molar refractivity (Wildman–Crippen MR) is 197 cm³/mol. The zero-order chi connectivity index (χ0) is 34.1. The lowest BCUT2D eigenvalue weighted by molar-refractivity contribution is 0.148. The fourth-order valence-corrected chi connectivity index (χ4v) is 4.38. The SMILES string of the molecule is C=CCOC[C@H](/N=C/C(=C)/C=C\C(=C/N)OCCCCCOc1ccc(/C=N/[C@@H](COCC=C)c2ccccc2)nc1)c1ccccc1. The Morgan fingerprint density at radius 2 is 1.40 bits per heavy atom. The van der Waals surface area contributed by atoms with Gasteiger partial charge >= 0.3 is 0 Å². The van der Waals surface area contributed by atoms with Gasteiger partial charge in [0.15, 0.2) is 0 Å². The maximum absolute atomic E-state index is 5.88. The van der Waals surface area contributed by atoms with Crippen molar-refractivity contribution in [3.63, 3.8) is 0 Å². The molecule has 0 unspecified atom stereocenters. The second kappa shape index (κ2) is 23.3. The lowest BCUT2D eigenvalue weighted by atomic mass is 10.1. The van der Waals surface area contributed by atoms with E-state index in [0.29, 0.717) is 45.4 Å². The molecule has 8 heteroatoms. The van der Waals surface area contributed by atoms with Crippen molar-refractivity contribution in [3.8, 4) is 5.75 Å². The molecule has 0 bridgehead atoms. The van der Waals surface area contributed by atoms with Crippen molar-refractivity contribution in [2.45, 2.75) is 31.3 Å². The van der Waals surface area contributed by atoms with Crippen LogP contribution in [0.5, 0.6) is 5.75 Å². The Labute approximate surface area is 285 Å². The zero-order valence-electron chi connectivity index (χ0n) is 27.7. The van der Waals surface area contributed by atoms with E-state index in [2.05, 4.69) is 29.7 Å². The van der Waals surface area contributed by atoms with Crippen LogP contribution in [0, 0.1) is 0 Å². The molecule has 0 aliphatic rings. The molecule has 252 valence electrons.